The van der Waals surface area contributed by atoms with Crippen LogP contribution in [0, 0.1) is 5.41 Å². The highest BCUT2D eigenvalue weighted by Gasteiger charge is 2.30. The molecule has 1 aliphatic heterocycles. The van der Waals surface area contributed by atoms with Crippen molar-refractivity contribution in [1.29, 1.82) is 0 Å². The van der Waals surface area contributed by atoms with Gasteiger partial charge in [-0.25, -0.2) is 0 Å². The van der Waals surface area contributed by atoms with E-state index in [-0.39, 0.29) is 4.90 Å². The molecular formula is C24H35N2O4S-. The highest BCUT2D eigenvalue weighted by Crippen LogP contribution is 2.34. The Morgan fingerprint density at radius 3 is 2.32 bits per heavy atom. The minimum absolute atomic E-state index is 0.285. The molecule has 1 fully saturated rings. The molecule has 1 atom stereocenters. The number of ether oxygens (including phenoxy) is 2. The number of anilines is 2. The molecule has 2 N–H and O–H groups in total. The van der Waals surface area contributed by atoms with Crippen LogP contribution in [-0.4, -0.2) is 42.7 Å². The van der Waals surface area contributed by atoms with Crippen LogP contribution in [0.3, 0.4) is 0 Å². The van der Waals surface area contributed by atoms with Gasteiger partial charge in [0.1, 0.15) is 0 Å². The Morgan fingerprint density at radius 2 is 1.77 bits per heavy atom. The molecule has 0 spiro atoms. The van der Waals surface area contributed by atoms with Crippen molar-refractivity contribution in [3.63, 3.8) is 0 Å². The summed E-state index contributed by atoms with van der Waals surface area (Å²) < 4.78 is 32.0. The molecule has 0 radical (unpaired) electrons. The monoisotopic (exact) mass is 447 g/mol. The highest BCUT2D eigenvalue weighted by atomic mass is 32.2. The third-order valence-electron chi connectivity index (χ3n) is 5.97. The number of hydrogen-bond donors (Lipinski definition) is 1. The van der Waals surface area contributed by atoms with E-state index in [0.717, 1.165) is 43.8 Å². The molecule has 1 unspecified atom stereocenters. The number of nitrogens with zero attached hydrogens (tertiary/aromatic N) is 1. The lowest BCUT2D eigenvalue weighted by atomic mass is 9.81. The first-order valence-corrected chi connectivity index (χ1v) is 11.5. The SMILES string of the molecule is COC(C)(C)c1cccc(S(=O)[O-])c1.COCC1(C)CCN(c2ccccc2N)CC1. The summed E-state index contributed by atoms with van der Waals surface area (Å²) in [6, 6.07) is 14.8. The Morgan fingerprint density at radius 1 is 1.13 bits per heavy atom. The first kappa shape index (κ1) is 25.3. The molecule has 2 aromatic carbocycles. The third kappa shape index (κ3) is 7.04. The molecule has 1 aliphatic rings. The van der Waals surface area contributed by atoms with Crippen LogP contribution >= 0.6 is 0 Å². The summed E-state index contributed by atoms with van der Waals surface area (Å²) in [5.74, 6) is 0. The molecule has 1 saturated heterocycles. The maximum Gasteiger partial charge on any atom is 0.0871 e. The van der Waals surface area contributed by atoms with E-state index in [1.807, 2.05) is 32.0 Å². The van der Waals surface area contributed by atoms with Gasteiger partial charge in [0.25, 0.3) is 0 Å². The Hall–Kier alpha value is -1.93. The number of piperidine rings is 1. The van der Waals surface area contributed by atoms with Crippen LogP contribution in [0.1, 0.15) is 39.2 Å². The standard InChI is InChI=1S/C14H22N2O.C10H14O3S/c1-14(11-17-2)7-9-16(10-8-14)13-6-4-3-5-12(13)15;1-10(2,13-3)8-5-4-6-9(7-8)14(11)12/h3-6H,7-11,15H2,1-2H3;4-7H,1-3H3,(H,11,12)/p-1. The van der Waals surface area contributed by atoms with Crippen molar-refractivity contribution in [2.24, 2.45) is 5.41 Å². The minimum Gasteiger partial charge on any atom is -0.768 e. The Bertz CT molecular complexity index is 864. The summed E-state index contributed by atoms with van der Waals surface area (Å²) in [7, 11) is 3.38. The molecule has 7 heteroatoms. The average molecular weight is 448 g/mol. The van der Waals surface area contributed by atoms with E-state index in [2.05, 4.69) is 24.0 Å². The third-order valence-corrected chi connectivity index (χ3v) is 6.61. The molecular weight excluding hydrogens is 412 g/mol. The Labute approximate surface area is 189 Å². The normalized spacial score (nSPS) is 16.9. The van der Waals surface area contributed by atoms with Crippen LogP contribution in [0.15, 0.2) is 53.4 Å². The molecule has 6 nitrogen and oxygen atoms in total. The van der Waals surface area contributed by atoms with Crippen LogP contribution in [0.25, 0.3) is 0 Å². The summed E-state index contributed by atoms with van der Waals surface area (Å²) in [5.41, 5.74) is 8.78. The molecule has 0 bridgehead atoms. The molecule has 2 aromatic rings. The number of rotatable bonds is 6. The van der Waals surface area contributed by atoms with E-state index < -0.39 is 16.7 Å². The molecule has 1 heterocycles. The smallest absolute Gasteiger partial charge is 0.0871 e. The lowest BCUT2D eigenvalue weighted by Gasteiger charge is -2.40. The van der Waals surface area contributed by atoms with Crippen molar-refractivity contribution in [1.82, 2.24) is 0 Å². The summed E-state index contributed by atoms with van der Waals surface area (Å²) in [4.78, 5) is 2.67. The number of methoxy groups -OCH3 is 2. The summed E-state index contributed by atoms with van der Waals surface area (Å²) in [5, 5.41) is 0. The number of para-hydroxylation sites is 2. The lowest BCUT2D eigenvalue weighted by Crippen LogP contribution is -2.41. The van der Waals surface area contributed by atoms with E-state index >= 15 is 0 Å². The first-order chi connectivity index (χ1) is 14.6. The van der Waals surface area contributed by atoms with Crippen molar-refractivity contribution < 1.29 is 18.2 Å². The van der Waals surface area contributed by atoms with E-state index in [1.54, 1.807) is 32.4 Å². The molecule has 0 aliphatic carbocycles. The summed E-state index contributed by atoms with van der Waals surface area (Å²) in [6.45, 7) is 9.06. The number of benzene rings is 2. The van der Waals surface area contributed by atoms with Gasteiger partial charge in [0, 0.05) is 32.2 Å². The van der Waals surface area contributed by atoms with Crippen LogP contribution in [0.2, 0.25) is 0 Å². The van der Waals surface area contributed by atoms with E-state index in [1.165, 1.54) is 5.69 Å². The van der Waals surface area contributed by atoms with Crippen LogP contribution in [-0.2, 0) is 26.2 Å². The molecule has 31 heavy (non-hydrogen) atoms. The average Bonchev–Trinajstić information content (AvgIpc) is 2.75. The molecule has 0 amide bonds. The van der Waals surface area contributed by atoms with Gasteiger partial charge >= 0.3 is 0 Å². The van der Waals surface area contributed by atoms with Gasteiger partial charge in [-0.15, -0.1) is 0 Å². The fourth-order valence-electron chi connectivity index (χ4n) is 3.65. The lowest BCUT2D eigenvalue weighted by molar-refractivity contribution is 0.0190. The van der Waals surface area contributed by atoms with Gasteiger partial charge < -0.3 is 24.7 Å². The highest BCUT2D eigenvalue weighted by molar-refractivity contribution is 7.79. The van der Waals surface area contributed by atoms with Gasteiger partial charge in [-0.3, -0.25) is 4.21 Å². The van der Waals surface area contributed by atoms with E-state index in [0.29, 0.717) is 5.41 Å². The second-order valence-electron chi connectivity index (χ2n) is 8.77. The molecule has 3 rings (SSSR count). The summed E-state index contributed by atoms with van der Waals surface area (Å²) in [6.07, 6.45) is 2.32. The minimum atomic E-state index is -2.18. The fraction of sp³-hybridized carbons (Fsp3) is 0.500. The Balaban J connectivity index is 0.000000225. The Kier molecular flexibility index (Phi) is 9.06. The molecule has 172 valence electrons. The maximum absolute atomic E-state index is 10.7. The van der Waals surface area contributed by atoms with Gasteiger partial charge in [-0.2, -0.15) is 0 Å². The van der Waals surface area contributed by atoms with Gasteiger partial charge in [0.05, 0.1) is 23.6 Å². The van der Waals surface area contributed by atoms with Gasteiger partial charge in [0.2, 0.25) is 0 Å². The van der Waals surface area contributed by atoms with Crippen molar-refractivity contribution in [2.75, 3.05) is 44.5 Å². The number of nitrogens with two attached hydrogens (primary N) is 1. The quantitative estimate of drug-likeness (QED) is 0.524. The molecule has 0 saturated carbocycles. The van der Waals surface area contributed by atoms with E-state index in [9.17, 15) is 8.76 Å². The van der Waals surface area contributed by atoms with Crippen LogP contribution < -0.4 is 10.6 Å². The predicted octanol–water partition coefficient (Wildman–Crippen LogP) is 4.33. The first-order valence-electron chi connectivity index (χ1n) is 10.5. The molecule has 0 aromatic heterocycles. The zero-order valence-electron chi connectivity index (χ0n) is 19.2. The van der Waals surface area contributed by atoms with Gasteiger partial charge in [-0.1, -0.05) is 31.2 Å². The predicted molar refractivity (Wildman–Crippen MR) is 126 cm³/mol. The number of hydrogen-bond acceptors (Lipinski definition) is 6. The van der Waals surface area contributed by atoms with Crippen molar-refractivity contribution in [2.45, 2.75) is 44.1 Å². The van der Waals surface area contributed by atoms with E-state index in [4.69, 9.17) is 15.2 Å². The zero-order chi connectivity index (χ0) is 23.1. The van der Waals surface area contributed by atoms with Crippen molar-refractivity contribution >= 4 is 22.5 Å². The van der Waals surface area contributed by atoms with Crippen molar-refractivity contribution in [3.05, 3.63) is 54.1 Å². The maximum atomic E-state index is 10.7. The second-order valence-corrected chi connectivity index (χ2v) is 9.71. The number of nitrogen functional groups attached to an aromatic ring is 1. The van der Waals surface area contributed by atoms with Gasteiger partial charge in [0.15, 0.2) is 0 Å². The van der Waals surface area contributed by atoms with Crippen LogP contribution in [0.5, 0.6) is 0 Å². The topological polar surface area (TPSA) is 87.9 Å². The fourth-order valence-corrected chi connectivity index (χ4v) is 4.06. The second kappa shape index (κ2) is 11.1. The summed E-state index contributed by atoms with van der Waals surface area (Å²) >= 11 is -2.18. The van der Waals surface area contributed by atoms with Gasteiger partial charge in [-0.05, 0) is 73.0 Å². The largest absolute Gasteiger partial charge is 0.768 e. The zero-order valence-corrected chi connectivity index (χ0v) is 20.0. The van der Waals surface area contributed by atoms with Crippen molar-refractivity contribution in [3.8, 4) is 0 Å². The van der Waals surface area contributed by atoms with Crippen LogP contribution in [0.4, 0.5) is 11.4 Å².